The standard InChI is InChI=1S/C19H20Cl2N2O2S/c1-26-10-9-17(23-18(24)13-5-3-2-4-6-13)19(25)22-12-14-7-8-15(20)11-16(14)21/h2-8,11,17H,9-10,12H2,1H3,(H,22,25)(H,23,24)/t17-/m1/s1. The Balaban J connectivity index is 2.00. The quantitative estimate of drug-likeness (QED) is 0.686. The summed E-state index contributed by atoms with van der Waals surface area (Å²) in [6, 6.07) is 13.3. The first-order valence-corrected chi connectivity index (χ1v) is 10.2. The molecule has 0 aliphatic heterocycles. The summed E-state index contributed by atoms with van der Waals surface area (Å²) in [5, 5.41) is 6.68. The highest BCUT2D eigenvalue weighted by Crippen LogP contribution is 2.20. The van der Waals surface area contributed by atoms with Crippen molar-refractivity contribution in [2.75, 3.05) is 12.0 Å². The van der Waals surface area contributed by atoms with Gasteiger partial charge < -0.3 is 10.6 Å². The highest BCUT2D eigenvalue weighted by Gasteiger charge is 2.21. The second-order valence-corrected chi connectivity index (χ2v) is 7.46. The van der Waals surface area contributed by atoms with E-state index in [1.165, 1.54) is 0 Å². The molecule has 4 nitrogen and oxygen atoms in total. The molecule has 0 bridgehead atoms. The average molecular weight is 411 g/mol. The molecule has 2 amide bonds. The summed E-state index contributed by atoms with van der Waals surface area (Å²) in [6.45, 7) is 0.270. The fourth-order valence-electron chi connectivity index (χ4n) is 2.31. The number of carbonyl (C=O) groups excluding carboxylic acids is 2. The van der Waals surface area contributed by atoms with Gasteiger partial charge in [0.15, 0.2) is 0 Å². The maximum atomic E-state index is 12.6. The summed E-state index contributed by atoms with van der Waals surface area (Å²) in [6.07, 6.45) is 2.50. The van der Waals surface area contributed by atoms with Crippen LogP contribution in [0.5, 0.6) is 0 Å². The van der Waals surface area contributed by atoms with Gasteiger partial charge in [-0.25, -0.2) is 0 Å². The minimum atomic E-state index is -0.610. The largest absolute Gasteiger partial charge is 0.350 e. The third-order valence-electron chi connectivity index (χ3n) is 3.74. The van der Waals surface area contributed by atoms with Crippen molar-refractivity contribution in [1.82, 2.24) is 10.6 Å². The summed E-state index contributed by atoms with van der Waals surface area (Å²) in [7, 11) is 0. The third kappa shape index (κ3) is 6.24. The van der Waals surface area contributed by atoms with E-state index >= 15 is 0 Å². The van der Waals surface area contributed by atoms with Crippen molar-refractivity contribution in [3.05, 3.63) is 69.7 Å². The van der Waals surface area contributed by atoms with Gasteiger partial charge in [0.2, 0.25) is 5.91 Å². The smallest absolute Gasteiger partial charge is 0.251 e. The molecule has 2 aromatic carbocycles. The van der Waals surface area contributed by atoms with Crippen LogP contribution in [0.25, 0.3) is 0 Å². The molecule has 0 unspecified atom stereocenters. The molecule has 2 N–H and O–H groups in total. The SMILES string of the molecule is CSCC[C@@H](NC(=O)c1ccccc1)C(=O)NCc1ccc(Cl)cc1Cl. The number of benzene rings is 2. The predicted octanol–water partition coefficient (Wildman–Crippen LogP) is 4.16. The van der Waals surface area contributed by atoms with E-state index in [-0.39, 0.29) is 18.4 Å². The molecule has 7 heteroatoms. The zero-order chi connectivity index (χ0) is 18.9. The van der Waals surface area contributed by atoms with Crippen LogP contribution in [0, 0.1) is 0 Å². The molecule has 0 radical (unpaired) electrons. The van der Waals surface area contributed by atoms with Crippen molar-refractivity contribution < 1.29 is 9.59 Å². The van der Waals surface area contributed by atoms with Gasteiger partial charge in [-0.15, -0.1) is 0 Å². The van der Waals surface area contributed by atoms with E-state index in [4.69, 9.17) is 23.2 Å². The van der Waals surface area contributed by atoms with Crippen LogP contribution in [0.3, 0.4) is 0 Å². The van der Waals surface area contributed by atoms with Gasteiger partial charge in [0.05, 0.1) is 0 Å². The topological polar surface area (TPSA) is 58.2 Å². The molecular formula is C19H20Cl2N2O2S. The average Bonchev–Trinajstić information content (AvgIpc) is 2.64. The Labute approximate surface area is 167 Å². The van der Waals surface area contributed by atoms with Gasteiger partial charge in [0, 0.05) is 22.2 Å². The zero-order valence-corrected chi connectivity index (χ0v) is 16.6. The van der Waals surface area contributed by atoms with Crippen molar-refractivity contribution in [1.29, 1.82) is 0 Å². The lowest BCUT2D eigenvalue weighted by Crippen LogP contribution is -2.46. The predicted molar refractivity (Wildman–Crippen MR) is 109 cm³/mol. The Morgan fingerprint density at radius 2 is 1.85 bits per heavy atom. The highest BCUT2D eigenvalue weighted by molar-refractivity contribution is 7.98. The molecule has 0 saturated heterocycles. The molecule has 0 aliphatic carbocycles. The van der Waals surface area contributed by atoms with E-state index in [0.717, 1.165) is 11.3 Å². The Bertz CT molecular complexity index is 756. The van der Waals surface area contributed by atoms with Crippen LogP contribution in [-0.2, 0) is 11.3 Å². The molecule has 2 rings (SSSR count). The summed E-state index contributed by atoms with van der Waals surface area (Å²) < 4.78 is 0. The first-order valence-electron chi connectivity index (χ1n) is 8.07. The number of halogens is 2. The molecule has 0 spiro atoms. The number of nitrogens with one attached hydrogen (secondary N) is 2. The zero-order valence-electron chi connectivity index (χ0n) is 14.3. The summed E-state index contributed by atoms with van der Waals surface area (Å²) >= 11 is 13.6. The maximum absolute atomic E-state index is 12.6. The first-order chi connectivity index (χ1) is 12.5. The normalized spacial score (nSPS) is 11.7. The van der Waals surface area contributed by atoms with Crippen molar-refractivity contribution in [3.63, 3.8) is 0 Å². The van der Waals surface area contributed by atoms with Crippen LogP contribution in [0.1, 0.15) is 22.3 Å². The van der Waals surface area contributed by atoms with Crippen molar-refractivity contribution in [2.24, 2.45) is 0 Å². The van der Waals surface area contributed by atoms with Crippen LogP contribution in [0.2, 0.25) is 10.0 Å². The van der Waals surface area contributed by atoms with Crippen LogP contribution >= 0.6 is 35.0 Å². The van der Waals surface area contributed by atoms with Crippen LogP contribution in [0.15, 0.2) is 48.5 Å². The fourth-order valence-corrected chi connectivity index (χ4v) is 3.25. The second kappa shape index (κ2) is 10.5. The monoisotopic (exact) mass is 410 g/mol. The number of rotatable bonds is 8. The number of hydrogen-bond acceptors (Lipinski definition) is 3. The van der Waals surface area contributed by atoms with Crippen molar-refractivity contribution in [2.45, 2.75) is 19.0 Å². The van der Waals surface area contributed by atoms with Gasteiger partial charge >= 0.3 is 0 Å². The first kappa shape index (κ1) is 20.6. The Morgan fingerprint density at radius 3 is 2.50 bits per heavy atom. The third-order valence-corrected chi connectivity index (χ3v) is 4.97. The molecule has 2 aromatic rings. The van der Waals surface area contributed by atoms with E-state index < -0.39 is 6.04 Å². The van der Waals surface area contributed by atoms with Gasteiger partial charge in [-0.1, -0.05) is 47.5 Å². The lowest BCUT2D eigenvalue weighted by Gasteiger charge is -2.18. The van der Waals surface area contributed by atoms with Crippen LogP contribution < -0.4 is 10.6 Å². The lowest BCUT2D eigenvalue weighted by molar-refractivity contribution is -0.123. The van der Waals surface area contributed by atoms with E-state index in [0.29, 0.717) is 22.0 Å². The fraction of sp³-hybridized carbons (Fsp3) is 0.263. The Kier molecular flexibility index (Phi) is 8.29. The van der Waals surface area contributed by atoms with Crippen LogP contribution in [0.4, 0.5) is 0 Å². The van der Waals surface area contributed by atoms with Gasteiger partial charge in [0.1, 0.15) is 6.04 Å². The van der Waals surface area contributed by atoms with Crippen molar-refractivity contribution >= 4 is 46.8 Å². The lowest BCUT2D eigenvalue weighted by atomic mass is 10.1. The molecule has 0 saturated carbocycles. The number of thioether (sulfide) groups is 1. The van der Waals surface area contributed by atoms with Gasteiger partial charge in [-0.2, -0.15) is 11.8 Å². The molecule has 26 heavy (non-hydrogen) atoms. The van der Waals surface area contributed by atoms with E-state index in [1.807, 2.05) is 12.3 Å². The van der Waals surface area contributed by atoms with E-state index in [2.05, 4.69) is 10.6 Å². The van der Waals surface area contributed by atoms with Gasteiger partial charge in [-0.3, -0.25) is 9.59 Å². The molecule has 0 aliphatic rings. The van der Waals surface area contributed by atoms with E-state index in [1.54, 1.807) is 54.2 Å². The molecule has 0 heterocycles. The molecule has 1 atom stereocenters. The number of hydrogen-bond donors (Lipinski definition) is 2. The molecule has 0 fully saturated rings. The summed E-state index contributed by atoms with van der Waals surface area (Å²) in [5.74, 6) is 0.250. The van der Waals surface area contributed by atoms with Gasteiger partial charge in [0.25, 0.3) is 5.91 Å². The van der Waals surface area contributed by atoms with Crippen LogP contribution in [-0.4, -0.2) is 29.9 Å². The summed E-state index contributed by atoms with van der Waals surface area (Å²) in [5.41, 5.74) is 1.29. The second-order valence-electron chi connectivity index (χ2n) is 5.63. The van der Waals surface area contributed by atoms with Crippen molar-refractivity contribution in [3.8, 4) is 0 Å². The molecule has 0 aromatic heterocycles. The molecule has 138 valence electrons. The number of carbonyl (C=O) groups is 2. The Hall–Kier alpha value is -1.69. The van der Waals surface area contributed by atoms with Gasteiger partial charge in [-0.05, 0) is 48.3 Å². The number of amides is 2. The van der Waals surface area contributed by atoms with E-state index in [9.17, 15) is 9.59 Å². The highest BCUT2D eigenvalue weighted by atomic mass is 35.5. The minimum absolute atomic E-state index is 0.241. The summed E-state index contributed by atoms with van der Waals surface area (Å²) in [4.78, 5) is 24.9. The Morgan fingerprint density at radius 1 is 1.12 bits per heavy atom. The minimum Gasteiger partial charge on any atom is -0.350 e. The maximum Gasteiger partial charge on any atom is 0.251 e. The molecular weight excluding hydrogens is 391 g/mol.